The molecular formula is C16H24N4O2S. The van der Waals surface area contributed by atoms with Crippen LogP contribution in [-0.2, 0) is 9.47 Å². The van der Waals surface area contributed by atoms with E-state index in [1.165, 1.54) is 5.69 Å². The number of thiocarbonyl (C=S) groups is 1. The molecule has 0 amide bonds. The fourth-order valence-electron chi connectivity index (χ4n) is 2.31. The van der Waals surface area contributed by atoms with E-state index < -0.39 is 0 Å². The maximum atomic E-state index is 5.37. The lowest BCUT2D eigenvalue weighted by molar-refractivity contribution is 0.122. The van der Waals surface area contributed by atoms with Gasteiger partial charge in [0.05, 0.1) is 26.0 Å². The Bertz CT molecular complexity index is 515. The number of hydrogen-bond acceptors (Lipinski definition) is 5. The first-order valence-corrected chi connectivity index (χ1v) is 8.11. The molecule has 0 aromatic heterocycles. The summed E-state index contributed by atoms with van der Waals surface area (Å²) in [6.45, 7) is 6.04. The summed E-state index contributed by atoms with van der Waals surface area (Å²) in [6, 6.07) is 8.43. The summed E-state index contributed by atoms with van der Waals surface area (Å²) in [5.74, 6) is 0. The second-order valence-electron chi connectivity index (χ2n) is 5.39. The summed E-state index contributed by atoms with van der Waals surface area (Å²) in [6.07, 6.45) is 1.75. The highest BCUT2D eigenvalue weighted by Gasteiger charge is 2.10. The number of hydrazone groups is 1. The molecule has 1 aliphatic rings. The van der Waals surface area contributed by atoms with Gasteiger partial charge in [-0.25, -0.2) is 0 Å². The second kappa shape index (κ2) is 9.44. The zero-order valence-corrected chi connectivity index (χ0v) is 14.4. The minimum atomic E-state index is 0.142. The van der Waals surface area contributed by atoms with Crippen molar-refractivity contribution in [1.82, 2.24) is 10.7 Å². The molecule has 0 bridgehead atoms. The monoisotopic (exact) mass is 336 g/mol. The van der Waals surface area contributed by atoms with Crippen LogP contribution in [0.25, 0.3) is 0 Å². The lowest BCUT2D eigenvalue weighted by Crippen LogP contribution is -2.40. The van der Waals surface area contributed by atoms with Crippen molar-refractivity contribution in [1.29, 1.82) is 0 Å². The summed E-state index contributed by atoms with van der Waals surface area (Å²) >= 11 is 5.16. The third-order valence-electron chi connectivity index (χ3n) is 3.44. The maximum absolute atomic E-state index is 5.37. The van der Waals surface area contributed by atoms with Crippen molar-refractivity contribution in [3.63, 3.8) is 0 Å². The van der Waals surface area contributed by atoms with Crippen molar-refractivity contribution in [2.24, 2.45) is 5.10 Å². The average molecular weight is 336 g/mol. The third-order valence-corrected chi connectivity index (χ3v) is 3.65. The van der Waals surface area contributed by atoms with Crippen LogP contribution in [0.2, 0.25) is 0 Å². The molecule has 0 saturated carbocycles. The Morgan fingerprint density at radius 1 is 1.39 bits per heavy atom. The van der Waals surface area contributed by atoms with Gasteiger partial charge >= 0.3 is 0 Å². The number of methoxy groups -OCH3 is 1. The third kappa shape index (κ3) is 6.13. The summed E-state index contributed by atoms with van der Waals surface area (Å²) in [7, 11) is 1.66. The number of rotatable bonds is 6. The summed E-state index contributed by atoms with van der Waals surface area (Å²) in [5.41, 5.74) is 5.03. The molecule has 6 nitrogen and oxygen atoms in total. The number of nitrogens with zero attached hydrogens (tertiary/aromatic N) is 2. The Balaban J connectivity index is 1.79. The van der Waals surface area contributed by atoms with Crippen LogP contribution >= 0.6 is 12.2 Å². The molecule has 7 heteroatoms. The van der Waals surface area contributed by atoms with Gasteiger partial charge in [0.25, 0.3) is 0 Å². The molecule has 0 radical (unpaired) electrons. The molecule has 0 unspecified atom stereocenters. The fraction of sp³-hybridized carbons (Fsp3) is 0.500. The van der Waals surface area contributed by atoms with Crippen molar-refractivity contribution in [2.45, 2.75) is 13.0 Å². The van der Waals surface area contributed by atoms with E-state index in [1.807, 2.05) is 19.1 Å². The van der Waals surface area contributed by atoms with Gasteiger partial charge in [0.15, 0.2) is 5.11 Å². The van der Waals surface area contributed by atoms with Crippen LogP contribution in [0.4, 0.5) is 5.69 Å². The van der Waals surface area contributed by atoms with Gasteiger partial charge in [0.1, 0.15) is 0 Å². The number of hydrogen-bond donors (Lipinski definition) is 2. The van der Waals surface area contributed by atoms with Gasteiger partial charge in [-0.1, -0.05) is 12.1 Å². The summed E-state index contributed by atoms with van der Waals surface area (Å²) in [4.78, 5) is 2.32. The van der Waals surface area contributed by atoms with Crippen LogP contribution in [-0.4, -0.2) is 57.4 Å². The zero-order chi connectivity index (χ0) is 16.5. The fourth-order valence-corrected chi connectivity index (χ4v) is 2.56. The van der Waals surface area contributed by atoms with E-state index in [9.17, 15) is 0 Å². The van der Waals surface area contributed by atoms with E-state index in [1.54, 1.807) is 13.3 Å². The first-order valence-electron chi connectivity index (χ1n) is 7.70. The average Bonchev–Trinajstić information content (AvgIpc) is 2.56. The van der Waals surface area contributed by atoms with Crippen molar-refractivity contribution in [3.05, 3.63) is 29.8 Å². The molecular weight excluding hydrogens is 312 g/mol. The molecule has 1 saturated heterocycles. The van der Waals surface area contributed by atoms with Gasteiger partial charge in [-0.3, -0.25) is 5.43 Å². The Kier molecular flexibility index (Phi) is 7.25. The molecule has 0 aliphatic carbocycles. The van der Waals surface area contributed by atoms with Crippen molar-refractivity contribution in [3.8, 4) is 0 Å². The predicted molar refractivity (Wildman–Crippen MR) is 97.3 cm³/mol. The standard InChI is InChI=1S/C16H24N4O2S/c1-13(12-21-2)18-16(23)19-17-11-14-3-5-15(6-4-14)20-7-9-22-10-8-20/h3-6,11,13H,7-10,12H2,1-2H3,(H2,18,19,23)/b17-11-/t13-/m0/s1. The van der Waals surface area contributed by atoms with E-state index in [0.717, 1.165) is 31.9 Å². The highest BCUT2D eigenvalue weighted by molar-refractivity contribution is 7.80. The highest BCUT2D eigenvalue weighted by atomic mass is 32.1. The number of morpholine rings is 1. The minimum Gasteiger partial charge on any atom is -0.383 e. The number of nitrogens with one attached hydrogen (secondary N) is 2. The van der Waals surface area contributed by atoms with Crippen LogP contribution in [0.3, 0.4) is 0 Å². The molecule has 2 N–H and O–H groups in total. The topological polar surface area (TPSA) is 58.1 Å². The first kappa shape index (κ1) is 17.7. The molecule has 2 rings (SSSR count). The van der Waals surface area contributed by atoms with Gasteiger partial charge in [-0.15, -0.1) is 0 Å². The molecule has 1 aliphatic heterocycles. The van der Waals surface area contributed by atoms with Crippen molar-refractivity contribution >= 4 is 29.2 Å². The van der Waals surface area contributed by atoms with Crippen LogP contribution in [0.15, 0.2) is 29.4 Å². The van der Waals surface area contributed by atoms with Crippen LogP contribution in [0.1, 0.15) is 12.5 Å². The van der Waals surface area contributed by atoms with E-state index in [2.05, 4.69) is 32.9 Å². The number of anilines is 1. The maximum Gasteiger partial charge on any atom is 0.187 e. The first-order chi connectivity index (χ1) is 11.2. The Morgan fingerprint density at radius 3 is 2.74 bits per heavy atom. The van der Waals surface area contributed by atoms with Crippen molar-refractivity contribution in [2.75, 3.05) is 44.9 Å². The van der Waals surface area contributed by atoms with Gasteiger partial charge in [0, 0.05) is 31.9 Å². The van der Waals surface area contributed by atoms with Crippen LogP contribution < -0.4 is 15.6 Å². The van der Waals surface area contributed by atoms with E-state index in [-0.39, 0.29) is 6.04 Å². The zero-order valence-electron chi connectivity index (χ0n) is 13.6. The smallest absolute Gasteiger partial charge is 0.187 e. The Morgan fingerprint density at radius 2 is 2.09 bits per heavy atom. The lowest BCUT2D eigenvalue weighted by Gasteiger charge is -2.28. The predicted octanol–water partition coefficient (Wildman–Crippen LogP) is 1.36. The molecule has 126 valence electrons. The Labute approximate surface area is 142 Å². The highest BCUT2D eigenvalue weighted by Crippen LogP contribution is 2.15. The normalized spacial score (nSPS) is 16.3. The van der Waals surface area contributed by atoms with Crippen LogP contribution in [0, 0.1) is 0 Å². The van der Waals surface area contributed by atoms with E-state index >= 15 is 0 Å². The Hall–Kier alpha value is -1.70. The number of ether oxygens (including phenoxy) is 2. The molecule has 1 fully saturated rings. The van der Waals surface area contributed by atoms with E-state index in [0.29, 0.717) is 11.7 Å². The minimum absolute atomic E-state index is 0.142. The quantitative estimate of drug-likeness (QED) is 0.465. The van der Waals surface area contributed by atoms with Crippen molar-refractivity contribution < 1.29 is 9.47 Å². The van der Waals surface area contributed by atoms with E-state index in [4.69, 9.17) is 21.7 Å². The lowest BCUT2D eigenvalue weighted by atomic mass is 10.2. The SMILES string of the molecule is COC[C@H](C)NC(=S)N/N=C\c1ccc(N2CCOCC2)cc1. The summed E-state index contributed by atoms with van der Waals surface area (Å²) in [5, 5.41) is 7.71. The molecule has 1 atom stereocenters. The molecule has 0 spiro atoms. The van der Waals surface area contributed by atoms with Gasteiger partial charge in [0.2, 0.25) is 0 Å². The summed E-state index contributed by atoms with van der Waals surface area (Å²) < 4.78 is 10.4. The van der Waals surface area contributed by atoms with Gasteiger partial charge in [-0.05, 0) is 36.8 Å². The molecule has 23 heavy (non-hydrogen) atoms. The molecule has 1 aromatic carbocycles. The molecule has 1 aromatic rings. The van der Waals surface area contributed by atoms with Gasteiger partial charge < -0.3 is 19.7 Å². The molecule has 1 heterocycles. The van der Waals surface area contributed by atoms with Gasteiger partial charge in [-0.2, -0.15) is 5.10 Å². The van der Waals surface area contributed by atoms with Crippen LogP contribution in [0.5, 0.6) is 0 Å². The number of benzene rings is 1. The largest absolute Gasteiger partial charge is 0.383 e. The second-order valence-corrected chi connectivity index (χ2v) is 5.80.